The molecule has 0 bridgehead atoms. The molecule has 1 heterocycles. The molecule has 2 rings (SSSR count). The molecule has 0 spiro atoms. The summed E-state index contributed by atoms with van der Waals surface area (Å²) in [5, 5.41) is 11.2. The van der Waals surface area contributed by atoms with Crippen molar-refractivity contribution >= 4 is 11.6 Å². The zero-order valence-corrected chi connectivity index (χ0v) is 10.8. The van der Waals surface area contributed by atoms with Crippen molar-refractivity contribution in [2.24, 2.45) is 0 Å². The second kappa shape index (κ2) is 5.46. The smallest absolute Gasteiger partial charge is 0.249 e. The van der Waals surface area contributed by atoms with Crippen molar-refractivity contribution in [3.63, 3.8) is 0 Å². The summed E-state index contributed by atoms with van der Waals surface area (Å²) in [6.45, 7) is 2.01. The number of nitrogens with one attached hydrogen (secondary N) is 1. The molecule has 0 saturated carbocycles. The summed E-state index contributed by atoms with van der Waals surface area (Å²) in [6.07, 6.45) is 0.829. The van der Waals surface area contributed by atoms with Gasteiger partial charge in [-0.25, -0.2) is 4.39 Å². The van der Waals surface area contributed by atoms with Gasteiger partial charge in [0.25, 0.3) is 0 Å². The van der Waals surface area contributed by atoms with Gasteiger partial charge in [0.05, 0.1) is 16.6 Å². The Morgan fingerprint density at radius 3 is 2.83 bits per heavy atom. The van der Waals surface area contributed by atoms with Gasteiger partial charge in [0.1, 0.15) is 5.82 Å². The van der Waals surface area contributed by atoms with Crippen LogP contribution >= 0.6 is 11.6 Å². The lowest BCUT2D eigenvalue weighted by molar-refractivity contribution is 0.415. The summed E-state index contributed by atoms with van der Waals surface area (Å²) < 4.78 is 18.5. The summed E-state index contributed by atoms with van der Waals surface area (Å²) >= 11 is 5.94. The molecule has 0 fully saturated rings. The molecule has 6 heteroatoms. The third-order valence-corrected chi connectivity index (χ3v) is 2.97. The van der Waals surface area contributed by atoms with E-state index in [0.717, 1.165) is 6.42 Å². The topological polar surface area (TPSA) is 51.0 Å². The minimum atomic E-state index is -0.398. The quantitative estimate of drug-likeness (QED) is 0.926. The zero-order valence-electron chi connectivity index (χ0n) is 10.1. The molecular weight excluding hydrogens is 257 g/mol. The van der Waals surface area contributed by atoms with Crippen LogP contribution in [0.1, 0.15) is 25.3 Å². The normalized spacial score (nSPS) is 12.7. The highest BCUT2D eigenvalue weighted by atomic mass is 35.5. The molecule has 1 unspecified atom stereocenters. The number of benzene rings is 1. The van der Waals surface area contributed by atoms with Gasteiger partial charge in [0.2, 0.25) is 11.8 Å². The van der Waals surface area contributed by atoms with Crippen LogP contribution in [-0.2, 0) is 0 Å². The van der Waals surface area contributed by atoms with Crippen LogP contribution in [0, 0.1) is 5.82 Å². The lowest BCUT2D eigenvalue weighted by Gasteiger charge is -2.07. The van der Waals surface area contributed by atoms with Gasteiger partial charge in [-0.15, -0.1) is 10.2 Å². The van der Waals surface area contributed by atoms with E-state index in [2.05, 4.69) is 15.5 Å². The predicted octanol–water partition coefficient (Wildman–Crippen LogP) is 3.20. The third-order valence-electron chi connectivity index (χ3n) is 2.66. The van der Waals surface area contributed by atoms with Crippen LogP contribution in [0.25, 0.3) is 11.5 Å². The first-order valence-electron chi connectivity index (χ1n) is 5.61. The maximum atomic E-state index is 12.9. The first kappa shape index (κ1) is 13.0. The highest BCUT2D eigenvalue weighted by Gasteiger charge is 2.17. The van der Waals surface area contributed by atoms with Crippen molar-refractivity contribution in [2.45, 2.75) is 19.4 Å². The number of halogens is 2. The van der Waals surface area contributed by atoms with Crippen LogP contribution < -0.4 is 5.32 Å². The molecule has 1 aromatic carbocycles. The van der Waals surface area contributed by atoms with Gasteiger partial charge in [0, 0.05) is 0 Å². The van der Waals surface area contributed by atoms with E-state index in [1.807, 2.05) is 14.0 Å². The standard InChI is InChI=1S/C12H13ClFN3O/c1-3-10(15-2)12-17-16-11(18-12)8-5-4-7(14)6-9(8)13/h4-6,10,15H,3H2,1-2H3. The maximum absolute atomic E-state index is 12.9. The van der Waals surface area contributed by atoms with Gasteiger partial charge in [-0.3, -0.25) is 0 Å². The first-order valence-corrected chi connectivity index (χ1v) is 5.99. The highest BCUT2D eigenvalue weighted by Crippen LogP contribution is 2.28. The Morgan fingerprint density at radius 1 is 1.44 bits per heavy atom. The van der Waals surface area contributed by atoms with Crippen LogP contribution in [0.5, 0.6) is 0 Å². The Balaban J connectivity index is 2.34. The van der Waals surface area contributed by atoms with Crippen molar-refractivity contribution < 1.29 is 8.81 Å². The molecule has 0 aliphatic rings. The van der Waals surface area contributed by atoms with Gasteiger partial charge < -0.3 is 9.73 Å². The molecule has 0 amide bonds. The summed E-state index contributed by atoms with van der Waals surface area (Å²) in [5.74, 6) is 0.393. The zero-order chi connectivity index (χ0) is 13.1. The van der Waals surface area contributed by atoms with Crippen LogP contribution in [0.15, 0.2) is 22.6 Å². The lowest BCUT2D eigenvalue weighted by Crippen LogP contribution is -2.15. The second-order valence-electron chi connectivity index (χ2n) is 3.82. The van der Waals surface area contributed by atoms with Crippen LogP contribution in [0.2, 0.25) is 5.02 Å². The van der Waals surface area contributed by atoms with E-state index in [-0.39, 0.29) is 11.1 Å². The Morgan fingerprint density at radius 2 is 2.22 bits per heavy atom. The summed E-state index contributed by atoms with van der Waals surface area (Å²) in [5.41, 5.74) is 0.530. The van der Waals surface area contributed by atoms with Gasteiger partial charge >= 0.3 is 0 Å². The van der Waals surface area contributed by atoms with Crippen molar-refractivity contribution in [3.05, 3.63) is 34.9 Å². The number of hydrogen-bond acceptors (Lipinski definition) is 4. The molecule has 2 aromatic rings. The maximum Gasteiger partial charge on any atom is 0.249 e. The van der Waals surface area contributed by atoms with Crippen LogP contribution in [-0.4, -0.2) is 17.2 Å². The Labute approximate surface area is 109 Å². The van der Waals surface area contributed by atoms with E-state index in [1.165, 1.54) is 18.2 Å². The van der Waals surface area contributed by atoms with Gasteiger partial charge in [-0.2, -0.15) is 0 Å². The molecule has 4 nitrogen and oxygen atoms in total. The van der Waals surface area contributed by atoms with Crippen LogP contribution in [0.3, 0.4) is 0 Å². The fourth-order valence-electron chi connectivity index (χ4n) is 1.65. The van der Waals surface area contributed by atoms with E-state index >= 15 is 0 Å². The molecular formula is C12H13ClFN3O. The number of aromatic nitrogens is 2. The van der Waals surface area contributed by atoms with Crippen molar-refractivity contribution in [3.8, 4) is 11.5 Å². The minimum absolute atomic E-state index is 0.00507. The van der Waals surface area contributed by atoms with Gasteiger partial charge in [-0.1, -0.05) is 18.5 Å². The highest BCUT2D eigenvalue weighted by molar-refractivity contribution is 6.33. The molecule has 0 aliphatic heterocycles. The molecule has 0 aliphatic carbocycles. The molecule has 96 valence electrons. The molecule has 1 atom stereocenters. The Bertz CT molecular complexity index is 540. The van der Waals surface area contributed by atoms with Crippen molar-refractivity contribution in [1.29, 1.82) is 0 Å². The van der Waals surface area contributed by atoms with E-state index in [0.29, 0.717) is 17.3 Å². The number of rotatable bonds is 4. The number of hydrogen-bond donors (Lipinski definition) is 1. The van der Waals surface area contributed by atoms with Crippen molar-refractivity contribution in [2.75, 3.05) is 7.05 Å². The first-order chi connectivity index (χ1) is 8.65. The minimum Gasteiger partial charge on any atom is -0.419 e. The van der Waals surface area contributed by atoms with Crippen molar-refractivity contribution in [1.82, 2.24) is 15.5 Å². The SMILES string of the molecule is CCC(NC)c1nnc(-c2ccc(F)cc2Cl)o1. The van der Waals surface area contributed by atoms with E-state index in [4.69, 9.17) is 16.0 Å². The predicted molar refractivity (Wildman–Crippen MR) is 66.8 cm³/mol. The summed E-state index contributed by atoms with van der Waals surface area (Å²) in [6, 6.07) is 4.05. The number of nitrogens with zero attached hydrogens (tertiary/aromatic N) is 2. The summed E-state index contributed by atoms with van der Waals surface area (Å²) in [7, 11) is 1.82. The second-order valence-corrected chi connectivity index (χ2v) is 4.23. The molecule has 0 radical (unpaired) electrons. The fraction of sp³-hybridized carbons (Fsp3) is 0.333. The molecule has 1 aromatic heterocycles. The fourth-order valence-corrected chi connectivity index (χ4v) is 1.90. The Hall–Kier alpha value is -1.46. The Kier molecular flexibility index (Phi) is 3.93. The molecule has 0 saturated heterocycles. The van der Waals surface area contributed by atoms with Crippen LogP contribution in [0.4, 0.5) is 4.39 Å². The average Bonchev–Trinajstić information content (AvgIpc) is 2.80. The third kappa shape index (κ3) is 2.52. The molecule has 1 N–H and O–H groups in total. The molecule has 18 heavy (non-hydrogen) atoms. The average molecular weight is 270 g/mol. The van der Waals surface area contributed by atoms with E-state index < -0.39 is 5.82 Å². The van der Waals surface area contributed by atoms with Gasteiger partial charge in [0.15, 0.2) is 0 Å². The lowest BCUT2D eigenvalue weighted by atomic mass is 10.2. The van der Waals surface area contributed by atoms with E-state index in [1.54, 1.807) is 0 Å². The largest absolute Gasteiger partial charge is 0.419 e. The van der Waals surface area contributed by atoms with E-state index in [9.17, 15) is 4.39 Å². The summed E-state index contributed by atoms with van der Waals surface area (Å²) in [4.78, 5) is 0. The van der Waals surface area contributed by atoms with Gasteiger partial charge in [-0.05, 0) is 31.7 Å². The monoisotopic (exact) mass is 269 g/mol.